The van der Waals surface area contributed by atoms with Crippen molar-refractivity contribution in [3.05, 3.63) is 35.3 Å². The lowest BCUT2D eigenvalue weighted by Gasteiger charge is -2.10. The summed E-state index contributed by atoms with van der Waals surface area (Å²) in [6.45, 7) is 2.12. The SMILES string of the molecule is CCCCc1cc2cc(OC)c(OC)cc2c[n+]1[O-]. The van der Waals surface area contributed by atoms with E-state index in [4.69, 9.17) is 9.47 Å². The number of methoxy groups -OCH3 is 2. The highest BCUT2D eigenvalue weighted by Crippen LogP contribution is 2.31. The van der Waals surface area contributed by atoms with Gasteiger partial charge in [0.15, 0.2) is 23.4 Å². The van der Waals surface area contributed by atoms with Gasteiger partial charge < -0.3 is 14.7 Å². The van der Waals surface area contributed by atoms with E-state index in [1.165, 1.54) is 0 Å². The molecule has 0 radical (unpaired) electrons. The third-order valence-corrected chi connectivity index (χ3v) is 3.24. The number of unbranched alkanes of at least 4 members (excludes halogenated alkanes) is 1. The van der Waals surface area contributed by atoms with E-state index in [0.717, 1.165) is 40.5 Å². The van der Waals surface area contributed by atoms with E-state index in [1.807, 2.05) is 18.2 Å². The van der Waals surface area contributed by atoms with Crippen LogP contribution in [0.25, 0.3) is 10.8 Å². The molecule has 0 unspecified atom stereocenters. The van der Waals surface area contributed by atoms with Crippen molar-refractivity contribution in [2.75, 3.05) is 14.2 Å². The minimum absolute atomic E-state index is 0.635. The predicted octanol–water partition coefficient (Wildman–Crippen LogP) is 2.83. The van der Waals surface area contributed by atoms with E-state index in [0.29, 0.717) is 11.5 Å². The van der Waals surface area contributed by atoms with Crippen molar-refractivity contribution in [2.45, 2.75) is 26.2 Å². The van der Waals surface area contributed by atoms with Crippen LogP contribution >= 0.6 is 0 Å². The minimum atomic E-state index is 0.635. The van der Waals surface area contributed by atoms with Crippen LogP contribution in [0.5, 0.6) is 11.5 Å². The first-order valence-corrected chi connectivity index (χ1v) is 6.47. The minimum Gasteiger partial charge on any atom is -0.618 e. The number of rotatable bonds is 5. The second kappa shape index (κ2) is 5.78. The quantitative estimate of drug-likeness (QED) is 0.614. The maximum atomic E-state index is 11.9. The van der Waals surface area contributed by atoms with Crippen LogP contribution in [0.1, 0.15) is 25.5 Å². The van der Waals surface area contributed by atoms with Gasteiger partial charge in [-0.25, -0.2) is 0 Å². The van der Waals surface area contributed by atoms with E-state index in [-0.39, 0.29) is 0 Å². The highest BCUT2D eigenvalue weighted by atomic mass is 16.5. The number of pyridine rings is 1. The number of fused-ring (bicyclic) bond motifs is 1. The Labute approximate surface area is 113 Å². The molecule has 0 aliphatic heterocycles. The zero-order chi connectivity index (χ0) is 13.8. The van der Waals surface area contributed by atoms with Crippen LogP contribution in [0.2, 0.25) is 0 Å². The fourth-order valence-corrected chi connectivity index (χ4v) is 2.14. The zero-order valence-electron chi connectivity index (χ0n) is 11.6. The molecule has 102 valence electrons. The maximum absolute atomic E-state index is 11.9. The van der Waals surface area contributed by atoms with Crippen LogP contribution in [-0.2, 0) is 6.42 Å². The summed E-state index contributed by atoms with van der Waals surface area (Å²) in [5, 5.41) is 13.8. The summed E-state index contributed by atoms with van der Waals surface area (Å²) in [6.07, 6.45) is 4.48. The molecule has 2 rings (SSSR count). The molecule has 0 saturated heterocycles. The number of aromatic nitrogens is 1. The first-order valence-electron chi connectivity index (χ1n) is 6.47. The Kier molecular flexibility index (Phi) is 4.10. The first-order chi connectivity index (χ1) is 9.19. The Balaban J connectivity index is 2.52. The van der Waals surface area contributed by atoms with Crippen molar-refractivity contribution in [1.82, 2.24) is 0 Å². The fraction of sp³-hybridized carbons (Fsp3) is 0.400. The Bertz CT molecular complexity index is 581. The molecule has 0 aliphatic carbocycles. The topological polar surface area (TPSA) is 45.4 Å². The van der Waals surface area contributed by atoms with E-state index in [9.17, 15) is 5.21 Å². The molecule has 0 bridgehead atoms. The molecule has 0 saturated carbocycles. The molecular weight excluding hydrogens is 242 g/mol. The smallest absolute Gasteiger partial charge is 0.193 e. The third kappa shape index (κ3) is 2.72. The van der Waals surface area contributed by atoms with Gasteiger partial charge in [-0.3, -0.25) is 0 Å². The zero-order valence-corrected chi connectivity index (χ0v) is 11.6. The highest BCUT2D eigenvalue weighted by molar-refractivity contribution is 5.85. The Morgan fingerprint density at radius 1 is 1.05 bits per heavy atom. The Morgan fingerprint density at radius 2 is 1.68 bits per heavy atom. The molecule has 1 aromatic heterocycles. The average Bonchev–Trinajstić information content (AvgIpc) is 2.43. The molecule has 0 atom stereocenters. The van der Waals surface area contributed by atoms with Crippen LogP contribution in [0.15, 0.2) is 24.4 Å². The Morgan fingerprint density at radius 3 is 2.26 bits per heavy atom. The molecule has 0 fully saturated rings. The number of hydrogen-bond acceptors (Lipinski definition) is 3. The lowest BCUT2D eigenvalue weighted by Crippen LogP contribution is -2.31. The standard InChI is InChI=1S/C15H19NO3/c1-4-5-6-13-7-11-8-14(18-2)15(19-3)9-12(11)10-16(13)17/h7-10H,4-6H2,1-3H3. The van der Waals surface area contributed by atoms with E-state index in [1.54, 1.807) is 20.4 Å². The lowest BCUT2D eigenvalue weighted by molar-refractivity contribution is -0.612. The lowest BCUT2D eigenvalue weighted by atomic mass is 10.1. The largest absolute Gasteiger partial charge is 0.618 e. The van der Waals surface area contributed by atoms with E-state index < -0.39 is 0 Å². The normalized spacial score (nSPS) is 10.7. The van der Waals surface area contributed by atoms with Crippen molar-refractivity contribution in [3.8, 4) is 11.5 Å². The molecule has 0 amide bonds. The molecular formula is C15H19NO3. The van der Waals surface area contributed by atoms with Crippen molar-refractivity contribution in [1.29, 1.82) is 0 Å². The van der Waals surface area contributed by atoms with Crippen LogP contribution in [-0.4, -0.2) is 14.2 Å². The fourth-order valence-electron chi connectivity index (χ4n) is 2.14. The van der Waals surface area contributed by atoms with Crippen molar-refractivity contribution in [3.63, 3.8) is 0 Å². The van der Waals surface area contributed by atoms with Crippen LogP contribution in [0.3, 0.4) is 0 Å². The molecule has 2 aromatic rings. The van der Waals surface area contributed by atoms with Gasteiger partial charge in [-0.05, 0) is 23.9 Å². The van der Waals surface area contributed by atoms with Crippen molar-refractivity contribution >= 4 is 10.8 Å². The summed E-state index contributed by atoms with van der Waals surface area (Å²) >= 11 is 0. The second-order valence-corrected chi connectivity index (χ2v) is 4.53. The first kappa shape index (κ1) is 13.5. The summed E-state index contributed by atoms with van der Waals surface area (Å²) in [6, 6.07) is 5.66. The van der Waals surface area contributed by atoms with Gasteiger partial charge in [-0.15, -0.1) is 0 Å². The van der Waals surface area contributed by atoms with E-state index in [2.05, 4.69) is 6.92 Å². The molecule has 4 nitrogen and oxygen atoms in total. The highest BCUT2D eigenvalue weighted by Gasteiger charge is 2.11. The molecule has 19 heavy (non-hydrogen) atoms. The molecule has 1 heterocycles. The van der Waals surface area contributed by atoms with Crippen molar-refractivity contribution < 1.29 is 14.2 Å². The average molecular weight is 261 g/mol. The summed E-state index contributed by atoms with van der Waals surface area (Å²) in [5.41, 5.74) is 0.793. The van der Waals surface area contributed by atoms with Crippen LogP contribution in [0.4, 0.5) is 0 Å². The van der Waals surface area contributed by atoms with Crippen LogP contribution in [0, 0.1) is 5.21 Å². The maximum Gasteiger partial charge on any atom is 0.193 e. The summed E-state index contributed by atoms with van der Waals surface area (Å²) in [5.74, 6) is 1.32. The van der Waals surface area contributed by atoms with E-state index >= 15 is 0 Å². The molecule has 0 N–H and O–H groups in total. The third-order valence-electron chi connectivity index (χ3n) is 3.24. The molecule has 0 aliphatic rings. The number of benzene rings is 1. The van der Waals surface area contributed by atoms with Gasteiger partial charge in [-0.1, -0.05) is 13.3 Å². The van der Waals surface area contributed by atoms with Gasteiger partial charge in [0.2, 0.25) is 0 Å². The monoisotopic (exact) mass is 261 g/mol. The van der Waals surface area contributed by atoms with Gasteiger partial charge >= 0.3 is 0 Å². The summed E-state index contributed by atoms with van der Waals surface area (Å²) in [4.78, 5) is 0. The van der Waals surface area contributed by atoms with Crippen LogP contribution < -0.4 is 14.2 Å². The molecule has 4 heteroatoms. The van der Waals surface area contributed by atoms with Gasteiger partial charge in [0.25, 0.3) is 0 Å². The van der Waals surface area contributed by atoms with Crippen molar-refractivity contribution in [2.24, 2.45) is 0 Å². The van der Waals surface area contributed by atoms with Gasteiger partial charge in [0.05, 0.1) is 19.6 Å². The van der Waals surface area contributed by atoms with Gasteiger partial charge in [0, 0.05) is 12.5 Å². The van der Waals surface area contributed by atoms with Gasteiger partial charge in [-0.2, -0.15) is 4.73 Å². The van der Waals surface area contributed by atoms with Gasteiger partial charge in [0.1, 0.15) is 0 Å². The number of ether oxygens (including phenoxy) is 2. The Hall–Kier alpha value is -1.97. The summed E-state index contributed by atoms with van der Waals surface area (Å²) < 4.78 is 11.5. The molecule has 1 aromatic carbocycles. The number of aryl methyl sites for hydroxylation is 1. The predicted molar refractivity (Wildman–Crippen MR) is 74.6 cm³/mol. The molecule has 0 spiro atoms. The second-order valence-electron chi connectivity index (χ2n) is 4.53. The number of nitrogens with zero attached hydrogens (tertiary/aromatic N) is 1. The number of hydrogen-bond donors (Lipinski definition) is 0. The summed E-state index contributed by atoms with van der Waals surface area (Å²) in [7, 11) is 3.20.